The zero-order valence-electron chi connectivity index (χ0n) is 7.74. The van der Waals surface area contributed by atoms with Gasteiger partial charge in [0.2, 0.25) is 5.91 Å². The fraction of sp³-hybridized carbons (Fsp3) is 0.300. The van der Waals surface area contributed by atoms with Crippen molar-refractivity contribution in [2.45, 2.75) is 13.0 Å². The molecule has 3 nitrogen and oxygen atoms in total. The number of nitrogens with zero attached hydrogens (tertiary/aromatic N) is 1. The maximum Gasteiger partial charge on any atom is 0.248 e. The minimum Gasteiger partial charge on any atom is -0.372 e. The molecule has 3 heteroatoms. The lowest BCUT2D eigenvalue weighted by molar-refractivity contribution is -0.118. The number of likely N-dealkylation sites (N-methyl/N-ethyl adjacent to an activating group) is 1. The van der Waals surface area contributed by atoms with Crippen molar-refractivity contribution in [2.75, 3.05) is 17.3 Å². The van der Waals surface area contributed by atoms with Crippen LogP contribution >= 0.6 is 0 Å². The monoisotopic (exact) mass is 176 g/mol. The van der Waals surface area contributed by atoms with Crippen LogP contribution in [-0.4, -0.2) is 19.0 Å². The van der Waals surface area contributed by atoms with Crippen molar-refractivity contribution in [1.82, 2.24) is 0 Å². The number of carbonyl (C=O) groups excluding carboxylic acids is 1. The lowest BCUT2D eigenvalue weighted by Gasteiger charge is -2.30. The molecule has 2 rings (SSSR count). The van der Waals surface area contributed by atoms with Crippen molar-refractivity contribution in [1.29, 1.82) is 0 Å². The maximum absolute atomic E-state index is 11.6. The number of para-hydroxylation sites is 2. The van der Waals surface area contributed by atoms with Crippen LogP contribution < -0.4 is 10.2 Å². The molecule has 1 heterocycles. The number of anilines is 2. The predicted octanol–water partition coefficient (Wildman–Crippen LogP) is 1.46. The number of rotatable bonds is 0. The van der Waals surface area contributed by atoms with Gasteiger partial charge < -0.3 is 10.2 Å². The van der Waals surface area contributed by atoms with Crippen molar-refractivity contribution in [2.24, 2.45) is 0 Å². The minimum atomic E-state index is -0.125. The van der Waals surface area contributed by atoms with Crippen LogP contribution in [0, 0.1) is 0 Å². The van der Waals surface area contributed by atoms with Crippen molar-refractivity contribution < 1.29 is 4.79 Å². The SMILES string of the molecule is C[C@@H]1Nc2ccccc2N(C)C1=O. The Morgan fingerprint density at radius 1 is 1.38 bits per heavy atom. The maximum atomic E-state index is 11.6. The molecule has 1 amide bonds. The van der Waals surface area contributed by atoms with Crippen LogP contribution in [0.25, 0.3) is 0 Å². The van der Waals surface area contributed by atoms with Crippen LogP contribution in [0.1, 0.15) is 6.92 Å². The highest BCUT2D eigenvalue weighted by Gasteiger charge is 2.25. The van der Waals surface area contributed by atoms with Crippen molar-refractivity contribution in [3.05, 3.63) is 24.3 Å². The molecule has 13 heavy (non-hydrogen) atoms. The molecule has 1 aliphatic rings. The third-order valence-electron chi connectivity index (χ3n) is 2.34. The predicted molar refractivity (Wildman–Crippen MR) is 52.9 cm³/mol. The first-order valence-corrected chi connectivity index (χ1v) is 4.33. The quantitative estimate of drug-likeness (QED) is 0.649. The van der Waals surface area contributed by atoms with E-state index in [1.807, 2.05) is 31.2 Å². The number of amides is 1. The summed E-state index contributed by atoms with van der Waals surface area (Å²) in [6.45, 7) is 1.87. The second-order valence-corrected chi connectivity index (χ2v) is 3.28. The first-order valence-electron chi connectivity index (χ1n) is 4.33. The molecule has 0 unspecified atom stereocenters. The summed E-state index contributed by atoms with van der Waals surface area (Å²) in [7, 11) is 1.80. The molecule has 68 valence electrons. The second kappa shape index (κ2) is 2.76. The highest BCUT2D eigenvalue weighted by molar-refractivity contribution is 6.04. The summed E-state index contributed by atoms with van der Waals surface area (Å²) < 4.78 is 0. The number of hydrogen-bond acceptors (Lipinski definition) is 2. The fourth-order valence-electron chi connectivity index (χ4n) is 1.59. The zero-order chi connectivity index (χ0) is 9.42. The number of benzene rings is 1. The normalized spacial score (nSPS) is 20.9. The van der Waals surface area contributed by atoms with Gasteiger partial charge in [-0.2, -0.15) is 0 Å². The number of carbonyl (C=O) groups is 1. The van der Waals surface area contributed by atoms with E-state index in [-0.39, 0.29) is 11.9 Å². The first kappa shape index (κ1) is 8.10. The minimum absolute atomic E-state index is 0.110. The van der Waals surface area contributed by atoms with E-state index in [0.29, 0.717) is 0 Å². The van der Waals surface area contributed by atoms with Gasteiger partial charge in [0.25, 0.3) is 0 Å². The molecule has 1 N–H and O–H groups in total. The molecule has 0 saturated carbocycles. The van der Waals surface area contributed by atoms with Crippen LogP contribution in [0.2, 0.25) is 0 Å². The third kappa shape index (κ3) is 1.16. The van der Waals surface area contributed by atoms with Gasteiger partial charge in [0, 0.05) is 7.05 Å². The van der Waals surface area contributed by atoms with Crippen molar-refractivity contribution in [3.8, 4) is 0 Å². The van der Waals surface area contributed by atoms with Crippen molar-refractivity contribution in [3.63, 3.8) is 0 Å². The summed E-state index contributed by atoms with van der Waals surface area (Å²) in [5.74, 6) is 0.110. The van der Waals surface area contributed by atoms with Gasteiger partial charge in [0.15, 0.2) is 0 Å². The number of nitrogens with one attached hydrogen (secondary N) is 1. The van der Waals surface area contributed by atoms with Gasteiger partial charge in [-0.05, 0) is 19.1 Å². The smallest absolute Gasteiger partial charge is 0.248 e. The Kier molecular flexibility index (Phi) is 1.72. The van der Waals surface area contributed by atoms with E-state index in [2.05, 4.69) is 5.32 Å². The molecule has 0 spiro atoms. The molecule has 0 aliphatic carbocycles. The summed E-state index contributed by atoms with van der Waals surface area (Å²) >= 11 is 0. The molecule has 0 aromatic heterocycles. The topological polar surface area (TPSA) is 32.3 Å². The second-order valence-electron chi connectivity index (χ2n) is 3.28. The highest BCUT2D eigenvalue weighted by Crippen LogP contribution is 2.29. The summed E-state index contributed by atoms with van der Waals surface area (Å²) in [4.78, 5) is 13.2. The van der Waals surface area contributed by atoms with Gasteiger partial charge in [-0.3, -0.25) is 4.79 Å². The van der Waals surface area contributed by atoms with Gasteiger partial charge in [-0.15, -0.1) is 0 Å². The summed E-state index contributed by atoms with van der Waals surface area (Å²) in [5.41, 5.74) is 1.97. The molecular weight excluding hydrogens is 164 g/mol. The zero-order valence-corrected chi connectivity index (χ0v) is 7.74. The molecule has 1 aromatic carbocycles. The standard InChI is InChI=1S/C10H12N2O/c1-7-10(13)12(2)9-6-4-3-5-8(9)11-7/h3-7,11H,1-2H3/t7-/m0/s1. The van der Waals surface area contributed by atoms with Crippen LogP contribution in [-0.2, 0) is 4.79 Å². The Bertz CT molecular complexity index is 349. The van der Waals surface area contributed by atoms with E-state index in [9.17, 15) is 4.79 Å². The van der Waals surface area contributed by atoms with Gasteiger partial charge >= 0.3 is 0 Å². The summed E-state index contributed by atoms with van der Waals surface area (Å²) in [6.07, 6.45) is 0. The van der Waals surface area contributed by atoms with E-state index in [4.69, 9.17) is 0 Å². The van der Waals surface area contributed by atoms with Crippen LogP contribution in [0.3, 0.4) is 0 Å². The van der Waals surface area contributed by atoms with Crippen LogP contribution in [0.5, 0.6) is 0 Å². The lowest BCUT2D eigenvalue weighted by atomic mass is 10.1. The highest BCUT2D eigenvalue weighted by atomic mass is 16.2. The first-order chi connectivity index (χ1) is 6.20. The average molecular weight is 176 g/mol. The Hall–Kier alpha value is -1.51. The van der Waals surface area contributed by atoms with Crippen LogP contribution in [0.4, 0.5) is 11.4 Å². The molecule has 1 aromatic rings. The van der Waals surface area contributed by atoms with E-state index in [1.165, 1.54) is 0 Å². The van der Waals surface area contributed by atoms with Crippen LogP contribution in [0.15, 0.2) is 24.3 Å². The van der Waals surface area contributed by atoms with E-state index in [0.717, 1.165) is 11.4 Å². The summed E-state index contributed by atoms with van der Waals surface area (Å²) in [6, 6.07) is 7.68. The van der Waals surface area contributed by atoms with Gasteiger partial charge in [-0.1, -0.05) is 12.1 Å². The van der Waals surface area contributed by atoms with E-state index < -0.39 is 0 Å². The molecule has 0 fully saturated rings. The molecule has 1 aliphatic heterocycles. The molecular formula is C10H12N2O. The molecule has 1 atom stereocenters. The fourth-order valence-corrected chi connectivity index (χ4v) is 1.59. The Balaban J connectivity index is 2.49. The molecule has 0 bridgehead atoms. The van der Waals surface area contributed by atoms with Gasteiger partial charge in [-0.25, -0.2) is 0 Å². The Labute approximate surface area is 77.4 Å². The van der Waals surface area contributed by atoms with E-state index in [1.54, 1.807) is 11.9 Å². The van der Waals surface area contributed by atoms with Crippen molar-refractivity contribution >= 4 is 17.3 Å². The lowest BCUT2D eigenvalue weighted by Crippen LogP contribution is -2.43. The Morgan fingerprint density at radius 2 is 2.08 bits per heavy atom. The third-order valence-corrected chi connectivity index (χ3v) is 2.34. The largest absolute Gasteiger partial charge is 0.372 e. The Morgan fingerprint density at radius 3 is 2.85 bits per heavy atom. The molecule has 0 radical (unpaired) electrons. The van der Waals surface area contributed by atoms with Gasteiger partial charge in [0.05, 0.1) is 11.4 Å². The number of fused-ring (bicyclic) bond motifs is 1. The van der Waals surface area contributed by atoms with E-state index >= 15 is 0 Å². The molecule has 0 saturated heterocycles. The number of hydrogen-bond donors (Lipinski definition) is 1. The van der Waals surface area contributed by atoms with Gasteiger partial charge in [0.1, 0.15) is 6.04 Å². The average Bonchev–Trinajstić information content (AvgIpc) is 2.15. The summed E-state index contributed by atoms with van der Waals surface area (Å²) in [5, 5.41) is 3.15.